The van der Waals surface area contributed by atoms with Gasteiger partial charge in [0, 0.05) is 29.9 Å². The molecule has 3 rings (SSSR count). The Balaban J connectivity index is 1.84. The smallest absolute Gasteiger partial charge is 0.193 e. The molecule has 7 heteroatoms. The van der Waals surface area contributed by atoms with Crippen molar-refractivity contribution < 1.29 is 14.2 Å². The van der Waals surface area contributed by atoms with Crippen LogP contribution in [0.15, 0.2) is 41.4 Å². The zero-order valence-electron chi connectivity index (χ0n) is 17.1. The summed E-state index contributed by atoms with van der Waals surface area (Å²) >= 11 is 6.19. The molecule has 0 bridgehead atoms. The maximum Gasteiger partial charge on any atom is 0.193 e. The number of hydrogen-bond acceptors (Lipinski definition) is 4. The van der Waals surface area contributed by atoms with E-state index >= 15 is 0 Å². The highest BCUT2D eigenvalue weighted by Gasteiger charge is 2.37. The van der Waals surface area contributed by atoms with Gasteiger partial charge in [-0.3, -0.25) is 4.99 Å². The van der Waals surface area contributed by atoms with Crippen molar-refractivity contribution in [1.82, 2.24) is 0 Å². The second kappa shape index (κ2) is 9.37. The number of aliphatic imine (C=N–C) groups is 1. The van der Waals surface area contributed by atoms with Crippen molar-refractivity contribution in [3.8, 4) is 11.5 Å². The highest BCUT2D eigenvalue weighted by atomic mass is 35.5. The van der Waals surface area contributed by atoms with Crippen LogP contribution < -0.4 is 20.5 Å². The summed E-state index contributed by atoms with van der Waals surface area (Å²) in [5.74, 6) is 1.82. The van der Waals surface area contributed by atoms with Crippen molar-refractivity contribution in [2.75, 3.05) is 39.3 Å². The number of guanidine groups is 1. The summed E-state index contributed by atoms with van der Waals surface area (Å²) in [6.07, 6.45) is 1.72. The number of rotatable bonds is 6. The summed E-state index contributed by atoms with van der Waals surface area (Å²) in [6, 6.07) is 11.7. The average molecular weight is 418 g/mol. The Labute approximate surface area is 177 Å². The van der Waals surface area contributed by atoms with Gasteiger partial charge in [-0.2, -0.15) is 0 Å². The number of benzene rings is 2. The first-order chi connectivity index (χ1) is 14.0. The van der Waals surface area contributed by atoms with Crippen molar-refractivity contribution in [1.29, 1.82) is 0 Å². The summed E-state index contributed by atoms with van der Waals surface area (Å²) < 4.78 is 16.5. The van der Waals surface area contributed by atoms with Gasteiger partial charge in [0.05, 0.1) is 25.8 Å². The Bertz CT molecular complexity index is 880. The van der Waals surface area contributed by atoms with Crippen molar-refractivity contribution in [3.05, 3.63) is 52.5 Å². The van der Waals surface area contributed by atoms with E-state index in [1.54, 1.807) is 26.4 Å². The predicted molar refractivity (Wildman–Crippen MR) is 118 cm³/mol. The maximum atomic E-state index is 6.19. The Morgan fingerprint density at radius 1 is 1.14 bits per heavy atom. The van der Waals surface area contributed by atoms with Gasteiger partial charge in [-0.1, -0.05) is 29.3 Å². The minimum absolute atomic E-state index is 0.181. The molecular formula is C22H28ClN3O3. The fourth-order valence-electron chi connectivity index (χ4n) is 3.68. The Morgan fingerprint density at radius 3 is 2.48 bits per heavy atom. The molecule has 1 saturated heterocycles. The third-order valence-electron chi connectivity index (χ3n) is 5.35. The van der Waals surface area contributed by atoms with Gasteiger partial charge in [0.2, 0.25) is 0 Å². The molecular weight excluding hydrogens is 390 g/mol. The molecule has 0 radical (unpaired) electrons. The van der Waals surface area contributed by atoms with E-state index in [0.717, 1.165) is 29.8 Å². The van der Waals surface area contributed by atoms with Crippen LogP contribution in [0.1, 0.15) is 24.0 Å². The molecule has 0 aromatic heterocycles. The standard InChI is InChI=1S/C22H28ClN3O3/c1-15-4-6-19(27-2)17(12-15)22(8-10-29-11-9-22)14-25-21(24)26-16-5-7-20(28-3)18(23)13-16/h4-7,12-13H,8-11,14H2,1-3H3,(H3,24,25,26). The van der Waals surface area contributed by atoms with Crippen LogP contribution in [-0.4, -0.2) is 39.9 Å². The second-order valence-corrected chi connectivity index (χ2v) is 7.68. The zero-order valence-corrected chi connectivity index (χ0v) is 17.9. The summed E-state index contributed by atoms with van der Waals surface area (Å²) in [7, 11) is 3.28. The lowest BCUT2D eigenvalue weighted by Gasteiger charge is -2.37. The van der Waals surface area contributed by atoms with Gasteiger partial charge in [0.1, 0.15) is 11.5 Å². The van der Waals surface area contributed by atoms with Crippen molar-refractivity contribution in [3.63, 3.8) is 0 Å². The lowest BCUT2D eigenvalue weighted by atomic mass is 9.73. The van der Waals surface area contributed by atoms with Crippen LogP contribution in [0, 0.1) is 6.92 Å². The number of nitrogens with zero attached hydrogens (tertiary/aromatic N) is 1. The molecule has 1 aliphatic heterocycles. The summed E-state index contributed by atoms with van der Waals surface area (Å²) in [4.78, 5) is 4.67. The number of ether oxygens (including phenoxy) is 3. The van der Waals surface area contributed by atoms with Crippen LogP contribution in [0.3, 0.4) is 0 Å². The maximum absolute atomic E-state index is 6.19. The Morgan fingerprint density at radius 2 is 1.83 bits per heavy atom. The molecule has 1 fully saturated rings. The van der Waals surface area contributed by atoms with E-state index in [0.29, 0.717) is 36.5 Å². The van der Waals surface area contributed by atoms with Crippen molar-refractivity contribution in [2.45, 2.75) is 25.2 Å². The van der Waals surface area contributed by atoms with Gasteiger partial charge >= 0.3 is 0 Å². The summed E-state index contributed by atoms with van der Waals surface area (Å²) in [5.41, 5.74) is 9.11. The minimum Gasteiger partial charge on any atom is -0.496 e. The van der Waals surface area contributed by atoms with Crippen LogP contribution >= 0.6 is 11.6 Å². The molecule has 29 heavy (non-hydrogen) atoms. The molecule has 0 unspecified atom stereocenters. The highest BCUT2D eigenvalue weighted by Crippen LogP contribution is 2.40. The first-order valence-corrected chi connectivity index (χ1v) is 9.98. The quantitative estimate of drug-likeness (QED) is 0.545. The molecule has 156 valence electrons. The van der Waals surface area contributed by atoms with E-state index in [-0.39, 0.29) is 5.41 Å². The van der Waals surface area contributed by atoms with E-state index in [2.05, 4.69) is 29.4 Å². The number of aryl methyl sites for hydroxylation is 1. The second-order valence-electron chi connectivity index (χ2n) is 7.27. The van der Waals surface area contributed by atoms with Crippen molar-refractivity contribution >= 4 is 23.2 Å². The van der Waals surface area contributed by atoms with E-state index < -0.39 is 0 Å². The number of anilines is 1. The molecule has 1 aliphatic rings. The number of nitrogens with two attached hydrogens (primary N) is 1. The monoisotopic (exact) mass is 417 g/mol. The Kier molecular flexibility index (Phi) is 6.87. The van der Waals surface area contributed by atoms with Gasteiger partial charge in [0.25, 0.3) is 0 Å². The normalized spacial score (nSPS) is 16.3. The molecule has 3 N–H and O–H groups in total. The molecule has 0 amide bonds. The molecule has 2 aromatic rings. The molecule has 2 aromatic carbocycles. The Hall–Kier alpha value is -2.44. The predicted octanol–water partition coefficient (Wildman–Crippen LogP) is 4.14. The number of halogens is 1. The highest BCUT2D eigenvalue weighted by molar-refractivity contribution is 6.32. The van der Waals surface area contributed by atoms with Crippen LogP contribution in [0.4, 0.5) is 5.69 Å². The van der Waals surface area contributed by atoms with Crippen LogP contribution in [0.5, 0.6) is 11.5 Å². The van der Waals surface area contributed by atoms with Gasteiger partial charge in [-0.15, -0.1) is 0 Å². The topological polar surface area (TPSA) is 78.1 Å². The van der Waals surface area contributed by atoms with Crippen LogP contribution in [0.25, 0.3) is 0 Å². The third-order valence-corrected chi connectivity index (χ3v) is 5.65. The van der Waals surface area contributed by atoms with Crippen LogP contribution in [0.2, 0.25) is 5.02 Å². The molecule has 0 saturated carbocycles. The fourth-order valence-corrected chi connectivity index (χ4v) is 3.94. The largest absolute Gasteiger partial charge is 0.496 e. The van der Waals surface area contributed by atoms with E-state index in [9.17, 15) is 0 Å². The van der Waals surface area contributed by atoms with Crippen LogP contribution in [-0.2, 0) is 10.2 Å². The minimum atomic E-state index is -0.181. The molecule has 0 spiro atoms. The zero-order chi connectivity index (χ0) is 20.9. The fraction of sp³-hybridized carbons (Fsp3) is 0.409. The third kappa shape index (κ3) is 4.95. The number of methoxy groups -OCH3 is 2. The van der Waals surface area contributed by atoms with Gasteiger partial charge < -0.3 is 25.3 Å². The van der Waals surface area contributed by atoms with Crippen molar-refractivity contribution in [2.24, 2.45) is 10.7 Å². The summed E-state index contributed by atoms with van der Waals surface area (Å²) in [5, 5.41) is 3.62. The van der Waals surface area contributed by atoms with E-state index in [4.69, 9.17) is 31.5 Å². The van der Waals surface area contributed by atoms with Gasteiger partial charge in [-0.25, -0.2) is 0 Å². The first-order valence-electron chi connectivity index (χ1n) is 9.61. The number of nitrogens with one attached hydrogen (secondary N) is 1. The number of hydrogen-bond donors (Lipinski definition) is 2. The van der Waals surface area contributed by atoms with Gasteiger partial charge in [-0.05, 0) is 44.0 Å². The van der Waals surface area contributed by atoms with Gasteiger partial charge in [0.15, 0.2) is 5.96 Å². The SMILES string of the molecule is COc1ccc(NC(N)=NCC2(c3cc(C)ccc3OC)CCOCC2)cc1Cl. The summed E-state index contributed by atoms with van der Waals surface area (Å²) in [6.45, 7) is 4.00. The van der Waals surface area contributed by atoms with E-state index in [1.807, 2.05) is 12.1 Å². The molecule has 1 heterocycles. The molecule has 0 aliphatic carbocycles. The molecule has 6 nitrogen and oxygen atoms in total. The average Bonchev–Trinajstić information content (AvgIpc) is 2.73. The lowest BCUT2D eigenvalue weighted by molar-refractivity contribution is 0.0523. The first kappa shape index (κ1) is 21.3. The lowest BCUT2D eigenvalue weighted by Crippen LogP contribution is -2.38. The van der Waals surface area contributed by atoms with E-state index in [1.165, 1.54) is 5.56 Å². The molecule has 0 atom stereocenters.